The Morgan fingerprint density at radius 2 is 1.36 bits per heavy atom. The van der Waals surface area contributed by atoms with E-state index in [-0.39, 0.29) is 51.9 Å². The maximum absolute atomic E-state index is 11.9. The van der Waals surface area contributed by atoms with Crippen molar-refractivity contribution in [1.82, 2.24) is 0 Å². The number of nitrogens with zero attached hydrogens (tertiary/aromatic N) is 1. The Bertz CT molecular complexity index is 1590. The van der Waals surface area contributed by atoms with Gasteiger partial charge in [-0.15, -0.1) is 0 Å². The molecule has 0 aliphatic rings. The molecule has 0 amide bonds. The van der Waals surface area contributed by atoms with Crippen molar-refractivity contribution in [3.63, 3.8) is 0 Å². The van der Waals surface area contributed by atoms with E-state index in [1.807, 2.05) is 12.1 Å². The van der Waals surface area contributed by atoms with Crippen molar-refractivity contribution in [1.29, 1.82) is 0 Å². The van der Waals surface area contributed by atoms with Gasteiger partial charge < -0.3 is 5.32 Å². The van der Waals surface area contributed by atoms with E-state index < -0.39 is 4.92 Å². The molecule has 0 fully saturated rings. The number of rotatable bonds is 5. The van der Waals surface area contributed by atoms with Crippen LogP contribution in [0.1, 0.15) is 58.2 Å². The lowest BCUT2D eigenvalue weighted by Gasteiger charge is -2.27. The van der Waals surface area contributed by atoms with Crippen LogP contribution in [0.4, 0.5) is 17.1 Å². The highest BCUT2D eigenvalue weighted by atomic mass is 16.6. The minimum atomic E-state index is -0.453. The summed E-state index contributed by atoms with van der Waals surface area (Å²) in [6, 6.07) is 18.8. The summed E-state index contributed by atoms with van der Waals surface area (Å²) < 4.78 is 33.5. The second-order valence-corrected chi connectivity index (χ2v) is 11.0. The van der Waals surface area contributed by atoms with Crippen LogP contribution in [0.15, 0.2) is 90.9 Å². The van der Waals surface area contributed by atoms with E-state index in [1.54, 1.807) is 24.3 Å². The maximum atomic E-state index is 11.9. The Morgan fingerprint density at radius 1 is 0.750 bits per heavy atom. The van der Waals surface area contributed by atoms with Crippen molar-refractivity contribution in [2.45, 2.75) is 52.4 Å². The maximum Gasteiger partial charge on any atom is 0.292 e. The third-order valence-electron chi connectivity index (χ3n) is 6.22. The Labute approximate surface area is 219 Å². The molecule has 36 heavy (non-hydrogen) atoms. The second kappa shape index (κ2) is 9.62. The molecule has 4 rings (SSSR count). The van der Waals surface area contributed by atoms with Gasteiger partial charge in [0.05, 0.1) is 16.1 Å². The fourth-order valence-electron chi connectivity index (χ4n) is 4.08. The molecule has 0 heterocycles. The molecule has 4 aromatic rings. The zero-order valence-corrected chi connectivity index (χ0v) is 21.6. The van der Waals surface area contributed by atoms with Crippen LogP contribution in [0.2, 0.25) is 0 Å². The Hall–Kier alpha value is -3.92. The highest BCUT2D eigenvalue weighted by Crippen LogP contribution is 2.42. The smallest absolute Gasteiger partial charge is 0.292 e. The van der Waals surface area contributed by atoms with E-state index in [4.69, 9.17) is 5.48 Å². The van der Waals surface area contributed by atoms with Gasteiger partial charge in [-0.3, -0.25) is 10.1 Å². The number of benzene rings is 4. The average Bonchev–Trinajstić information content (AvgIpc) is 2.87. The molecule has 1 N–H and O–H groups in total. The van der Waals surface area contributed by atoms with Gasteiger partial charge in [0.1, 0.15) is 5.69 Å². The van der Waals surface area contributed by atoms with Gasteiger partial charge in [0.15, 0.2) is 0 Å². The molecule has 0 saturated carbocycles. The lowest BCUT2D eigenvalue weighted by molar-refractivity contribution is -0.383. The fraction of sp³-hybridized carbons (Fsp3) is 0.250. The topological polar surface area (TPSA) is 55.2 Å². The molecule has 0 bridgehead atoms. The van der Waals surface area contributed by atoms with Crippen LogP contribution in [-0.2, 0) is 10.8 Å². The van der Waals surface area contributed by atoms with Crippen molar-refractivity contribution in [3.05, 3.63) is 112 Å². The predicted molar refractivity (Wildman–Crippen MR) is 151 cm³/mol. The first-order valence-corrected chi connectivity index (χ1v) is 12.0. The monoisotopic (exact) mass is 482 g/mol. The zero-order valence-electron chi connectivity index (χ0n) is 25.6. The molecule has 4 heteroatoms. The largest absolute Gasteiger partial charge is 0.349 e. The van der Waals surface area contributed by atoms with Gasteiger partial charge in [-0.25, -0.2) is 0 Å². The van der Waals surface area contributed by atoms with Crippen molar-refractivity contribution in [3.8, 4) is 22.3 Å². The number of para-hydroxylation sites is 3. The Kier molecular flexibility index (Phi) is 5.42. The zero-order chi connectivity index (χ0) is 29.6. The third kappa shape index (κ3) is 5.33. The van der Waals surface area contributed by atoms with E-state index >= 15 is 0 Å². The molecule has 0 saturated heterocycles. The molecule has 184 valence electrons. The molecular weight excluding hydrogens is 444 g/mol. The minimum Gasteiger partial charge on any atom is -0.349 e. The second-order valence-electron chi connectivity index (χ2n) is 11.0. The lowest BCUT2D eigenvalue weighted by Crippen LogP contribution is -2.16. The number of nitro benzene ring substituents is 1. The molecule has 0 spiro atoms. The normalized spacial score (nSPS) is 13.4. The lowest BCUT2D eigenvalue weighted by atomic mass is 9.78. The summed E-state index contributed by atoms with van der Waals surface area (Å²) in [6.07, 6.45) is 0. The number of nitrogens with one attached hydrogen (secondary N) is 1. The standard InChI is InChI=1S/C32H34N2O2/c1-31(2,3)24-19-23(20-25(21-24)32(4,5)6)27-16-12-15-26(22-13-8-7-9-14-22)30(27)33-28-17-10-11-18-29(28)34(35)36/h7-21,33H,1-6H3/i7D,8D,13D,14D. The predicted octanol–water partition coefficient (Wildman–Crippen LogP) is 9.27. The van der Waals surface area contributed by atoms with Crippen LogP contribution in [-0.4, -0.2) is 4.92 Å². The number of anilines is 2. The quantitative estimate of drug-likeness (QED) is 0.228. The van der Waals surface area contributed by atoms with E-state index in [2.05, 4.69) is 65.1 Å². The molecule has 0 aliphatic carbocycles. The summed E-state index contributed by atoms with van der Waals surface area (Å²) >= 11 is 0. The highest BCUT2D eigenvalue weighted by molar-refractivity contribution is 5.94. The van der Waals surface area contributed by atoms with Crippen LogP contribution in [0.5, 0.6) is 0 Å². The molecule has 0 aliphatic heterocycles. The summed E-state index contributed by atoms with van der Waals surface area (Å²) in [7, 11) is 0. The molecule has 0 radical (unpaired) electrons. The summed E-state index contributed by atoms with van der Waals surface area (Å²) in [5, 5.41) is 15.2. The number of nitro groups is 1. The molecule has 4 nitrogen and oxygen atoms in total. The van der Waals surface area contributed by atoms with Crippen LogP contribution in [0.3, 0.4) is 0 Å². The van der Waals surface area contributed by atoms with E-state index in [0.717, 1.165) is 22.3 Å². The summed E-state index contributed by atoms with van der Waals surface area (Å²) in [6.45, 7) is 12.9. The Balaban J connectivity index is 2.11. The van der Waals surface area contributed by atoms with Gasteiger partial charge >= 0.3 is 0 Å². The third-order valence-corrected chi connectivity index (χ3v) is 6.22. The average molecular weight is 483 g/mol. The molecule has 0 unspecified atom stereocenters. The van der Waals surface area contributed by atoms with E-state index in [1.165, 1.54) is 12.1 Å². The fourth-order valence-corrected chi connectivity index (χ4v) is 4.08. The van der Waals surface area contributed by atoms with Crippen LogP contribution >= 0.6 is 0 Å². The first-order chi connectivity index (χ1) is 18.6. The minimum absolute atomic E-state index is 0.0624. The van der Waals surface area contributed by atoms with Crippen molar-refractivity contribution in [2.24, 2.45) is 0 Å². The molecule has 0 aromatic heterocycles. The van der Waals surface area contributed by atoms with E-state index in [9.17, 15) is 10.1 Å². The molecule has 4 aromatic carbocycles. The SMILES string of the molecule is [2H]c1cc([2H])c(-c2cccc(-c3cc(C(C)(C)C)cc(C(C)(C)C)c3)c2Nc2ccccc2[N+](=O)[O-])c([2H])c1[2H]. The Morgan fingerprint density at radius 3 is 1.97 bits per heavy atom. The summed E-state index contributed by atoms with van der Waals surface area (Å²) in [4.78, 5) is 11.4. The summed E-state index contributed by atoms with van der Waals surface area (Å²) in [5.74, 6) is 0. The molecule has 0 atom stereocenters. The van der Waals surface area contributed by atoms with Gasteiger partial charge in [0.25, 0.3) is 5.69 Å². The first kappa shape index (κ1) is 20.3. The van der Waals surface area contributed by atoms with Crippen molar-refractivity contribution < 1.29 is 10.4 Å². The van der Waals surface area contributed by atoms with Crippen molar-refractivity contribution >= 4 is 17.1 Å². The number of hydrogen-bond donors (Lipinski definition) is 1. The van der Waals surface area contributed by atoms with Crippen LogP contribution < -0.4 is 5.32 Å². The van der Waals surface area contributed by atoms with Crippen molar-refractivity contribution in [2.75, 3.05) is 5.32 Å². The van der Waals surface area contributed by atoms with Gasteiger partial charge in [-0.2, -0.15) is 0 Å². The van der Waals surface area contributed by atoms with Gasteiger partial charge in [0, 0.05) is 17.2 Å². The highest BCUT2D eigenvalue weighted by Gasteiger charge is 2.23. The van der Waals surface area contributed by atoms with Gasteiger partial charge in [-0.1, -0.05) is 120 Å². The molecular formula is C32H34N2O2. The number of hydrogen-bond acceptors (Lipinski definition) is 3. The van der Waals surface area contributed by atoms with Crippen LogP contribution in [0.25, 0.3) is 22.3 Å². The summed E-state index contributed by atoms with van der Waals surface area (Å²) in [5.41, 5.74) is 4.89. The van der Waals surface area contributed by atoms with E-state index in [0.29, 0.717) is 11.3 Å². The van der Waals surface area contributed by atoms with Gasteiger partial charge in [0.2, 0.25) is 0 Å². The first-order valence-electron chi connectivity index (χ1n) is 14.0. The van der Waals surface area contributed by atoms with Gasteiger partial charge in [-0.05, 0) is 39.2 Å². The van der Waals surface area contributed by atoms with Crippen LogP contribution in [0, 0.1) is 10.1 Å².